The summed E-state index contributed by atoms with van der Waals surface area (Å²) in [6.45, 7) is 0.954. The van der Waals surface area contributed by atoms with Crippen molar-refractivity contribution < 1.29 is 0 Å². The van der Waals surface area contributed by atoms with Crippen LogP contribution in [0.4, 0.5) is 0 Å². The van der Waals surface area contributed by atoms with Crippen molar-refractivity contribution in [1.29, 1.82) is 0 Å². The highest BCUT2D eigenvalue weighted by molar-refractivity contribution is 4.97. The van der Waals surface area contributed by atoms with Gasteiger partial charge in [-0.15, -0.1) is 0 Å². The van der Waals surface area contributed by atoms with Crippen LogP contribution in [0.25, 0.3) is 0 Å². The first-order valence-corrected chi connectivity index (χ1v) is 5.13. The number of fused-ring (bicyclic) bond motifs is 1. The van der Waals surface area contributed by atoms with E-state index in [0.717, 1.165) is 24.3 Å². The van der Waals surface area contributed by atoms with E-state index in [9.17, 15) is 0 Å². The molecule has 0 aliphatic heterocycles. The SMILES string of the molecule is NCC1C2CCCCCCC12. The fourth-order valence-electron chi connectivity index (χ4n) is 2.84. The van der Waals surface area contributed by atoms with E-state index in [0.29, 0.717) is 0 Å². The molecule has 2 N–H and O–H groups in total. The minimum absolute atomic E-state index is 0.924. The molecule has 1 nitrogen and oxygen atoms in total. The molecular formula is C10H19N. The van der Waals surface area contributed by atoms with Crippen molar-refractivity contribution in [3.63, 3.8) is 0 Å². The maximum Gasteiger partial charge on any atom is -0.00434 e. The van der Waals surface area contributed by atoms with E-state index in [1.807, 2.05) is 0 Å². The Hall–Kier alpha value is -0.0400. The fraction of sp³-hybridized carbons (Fsp3) is 1.00. The number of hydrogen-bond donors (Lipinski definition) is 1. The lowest BCUT2D eigenvalue weighted by molar-refractivity contribution is 0.485. The van der Waals surface area contributed by atoms with Gasteiger partial charge in [0.2, 0.25) is 0 Å². The molecule has 2 saturated carbocycles. The Morgan fingerprint density at radius 3 is 1.91 bits per heavy atom. The van der Waals surface area contributed by atoms with Gasteiger partial charge in [-0.3, -0.25) is 0 Å². The molecule has 64 valence electrons. The Bertz CT molecular complexity index is 119. The smallest absolute Gasteiger partial charge is 0.00434 e. The van der Waals surface area contributed by atoms with Gasteiger partial charge in [0, 0.05) is 0 Å². The molecule has 2 aliphatic rings. The van der Waals surface area contributed by atoms with Crippen molar-refractivity contribution in [1.82, 2.24) is 0 Å². The molecule has 0 aromatic rings. The molecule has 0 amide bonds. The maximum atomic E-state index is 5.70. The Balaban J connectivity index is 1.85. The highest BCUT2D eigenvalue weighted by Gasteiger charge is 2.47. The summed E-state index contributed by atoms with van der Waals surface area (Å²) in [7, 11) is 0. The predicted octanol–water partition coefficient (Wildman–Crippen LogP) is 2.16. The zero-order chi connectivity index (χ0) is 7.68. The summed E-state index contributed by atoms with van der Waals surface area (Å²) in [6.07, 6.45) is 8.84. The normalized spacial score (nSPS) is 43.9. The van der Waals surface area contributed by atoms with E-state index in [4.69, 9.17) is 5.73 Å². The highest BCUT2D eigenvalue weighted by atomic mass is 14.7. The second-order valence-corrected chi connectivity index (χ2v) is 4.22. The Morgan fingerprint density at radius 1 is 0.909 bits per heavy atom. The zero-order valence-corrected chi connectivity index (χ0v) is 7.26. The van der Waals surface area contributed by atoms with Gasteiger partial charge in [0.25, 0.3) is 0 Å². The van der Waals surface area contributed by atoms with Gasteiger partial charge in [-0.25, -0.2) is 0 Å². The minimum Gasteiger partial charge on any atom is -0.330 e. The van der Waals surface area contributed by atoms with Gasteiger partial charge in [-0.05, 0) is 37.1 Å². The molecule has 2 rings (SSSR count). The van der Waals surface area contributed by atoms with E-state index in [2.05, 4.69) is 0 Å². The van der Waals surface area contributed by atoms with Crippen LogP contribution in [-0.2, 0) is 0 Å². The Kier molecular flexibility index (Phi) is 2.17. The van der Waals surface area contributed by atoms with Crippen molar-refractivity contribution in [2.75, 3.05) is 6.54 Å². The summed E-state index contributed by atoms with van der Waals surface area (Å²) in [4.78, 5) is 0. The van der Waals surface area contributed by atoms with E-state index < -0.39 is 0 Å². The quantitative estimate of drug-likeness (QED) is 0.614. The second-order valence-electron chi connectivity index (χ2n) is 4.22. The average Bonchev–Trinajstić information content (AvgIpc) is 2.60. The lowest BCUT2D eigenvalue weighted by Crippen LogP contribution is -2.03. The monoisotopic (exact) mass is 153 g/mol. The largest absolute Gasteiger partial charge is 0.330 e. The predicted molar refractivity (Wildman–Crippen MR) is 47.2 cm³/mol. The summed E-state index contributed by atoms with van der Waals surface area (Å²) in [5.74, 6) is 3.01. The molecule has 0 radical (unpaired) electrons. The first kappa shape index (κ1) is 7.60. The molecule has 2 fully saturated rings. The summed E-state index contributed by atoms with van der Waals surface area (Å²) in [6, 6.07) is 0. The van der Waals surface area contributed by atoms with Gasteiger partial charge in [-0.1, -0.05) is 25.7 Å². The number of nitrogens with two attached hydrogens (primary N) is 1. The topological polar surface area (TPSA) is 26.0 Å². The van der Waals surface area contributed by atoms with Gasteiger partial charge in [0.15, 0.2) is 0 Å². The zero-order valence-electron chi connectivity index (χ0n) is 7.26. The lowest BCUT2D eigenvalue weighted by atomic mass is 10.0. The molecular weight excluding hydrogens is 134 g/mol. The maximum absolute atomic E-state index is 5.70. The first-order chi connectivity index (χ1) is 5.43. The molecule has 0 saturated heterocycles. The molecule has 11 heavy (non-hydrogen) atoms. The van der Waals surface area contributed by atoms with E-state index >= 15 is 0 Å². The second kappa shape index (κ2) is 3.14. The van der Waals surface area contributed by atoms with Gasteiger partial charge in [-0.2, -0.15) is 0 Å². The van der Waals surface area contributed by atoms with Crippen molar-refractivity contribution in [2.24, 2.45) is 23.5 Å². The molecule has 2 atom stereocenters. The van der Waals surface area contributed by atoms with Crippen LogP contribution in [-0.4, -0.2) is 6.54 Å². The molecule has 0 aromatic heterocycles. The summed E-state index contributed by atoms with van der Waals surface area (Å²) in [5, 5.41) is 0. The molecule has 0 heterocycles. The number of rotatable bonds is 1. The van der Waals surface area contributed by atoms with Crippen molar-refractivity contribution in [2.45, 2.75) is 38.5 Å². The molecule has 1 heteroatoms. The van der Waals surface area contributed by atoms with Crippen LogP contribution < -0.4 is 5.73 Å². The third-order valence-corrected chi connectivity index (χ3v) is 3.61. The number of hydrogen-bond acceptors (Lipinski definition) is 1. The molecule has 0 bridgehead atoms. The third-order valence-electron chi connectivity index (χ3n) is 3.61. The summed E-state index contributed by atoms with van der Waals surface area (Å²) in [5.41, 5.74) is 5.70. The standard InChI is InChI=1S/C10H19N/c11-7-10-8-5-3-1-2-4-6-9(8)10/h8-10H,1-7,11H2. The summed E-state index contributed by atoms with van der Waals surface area (Å²) >= 11 is 0. The van der Waals surface area contributed by atoms with Gasteiger partial charge < -0.3 is 5.73 Å². The average molecular weight is 153 g/mol. The first-order valence-electron chi connectivity index (χ1n) is 5.13. The highest BCUT2D eigenvalue weighted by Crippen LogP contribution is 2.52. The molecule has 0 aromatic carbocycles. The van der Waals surface area contributed by atoms with Gasteiger partial charge in [0.05, 0.1) is 0 Å². The van der Waals surface area contributed by atoms with Crippen molar-refractivity contribution in [3.05, 3.63) is 0 Å². The molecule has 2 aliphatic carbocycles. The molecule has 0 spiro atoms. The lowest BCUT2D eigenvalue weighted by Gasteiger charge is -2.05. The minimum atomic E-state index is 0.924. The summed E-state index contributed by atoms with van der Waals surface area (Å²) < 4.78 is 0. The van der Waals surface area contributed by atoms with E-state index in [1.165, 1.54) is 38.5 Å². The fourth-order valence-corrected chi connectivity index (χ4v) is 2.84. The van der Waals surface area contributed by atoms with E-state index in [1.54, 1.807) is 0 Å². The van der Waals surface area contributed by atoms with Crippen LogP contribution in [0.5, 0.6) is 0 Å². The van der Waals surface area contributed by atoms with Crippen LogP contribution in [0.2, 0.25) is 0 Å². The Morgan fingerprint density at radius 2 is 1.45 bits per heavy atom. The Labute approximate surface area is 69.4 Å². The van der Waals surface area contributed by atoms with Crippen molar-refractivity contribution in [3.8, 4) is 0 Å². The van der Waals surface area contributed by atoms with Crippen LogP contribution >= 0.6 is 0 Å². The van der Waals surface area contributed by atoms with E-state index in [-0.39, 0.29) is 0 Å². The molecule has 2 unspecified atom stereocenters. The van der Waals surface area contributed by atoms with Crippen LogP contribution in [0, 0.1) is 17.8 Å². The third kappa shape index (κ3) is 1.44. The van der Waals surface area contributed by atoms with Gasteiger partial charge >= 0.3 is 0 Å². The van der Waals surface area contributed by atoms with Crippen LogP contribution in [0.15, 0.2) is 0 Å². The van der Waals surface area contributed by atoms with Gasteiger partial charge in [0.1, 0.15) is 0 Å². The van der Waals surface area contributed by atoms with Crippen LogP contribution in [0.1, 0.15) is 38.5 Å². The van der Waals surface area contributed by atoms with Crippen LogP contribution in [0.3, 0.4) is 0 Å². The van der Waals surface area contributed by atoms with Crippen molar-refractivity contribution >= 4 is 0 Å².